The van der Waals surface area contributed by atoms with E-state index in [4.69, 9.17) is 27.7 Å². The predicted octanol–water partition coefficient (Wildman–Crippen LogP) is 3.46. The Kier molecular flexibility index (Phi) is 4.68. The summed E-state index contributed by atoms with van der Waals surface area (Å²) in [6.45, 7) is 3.96. The third-order valence-electron chi connectivity index (χ3n) is 3.01. The van der Waals surface area contributed by atoms with Gasteiger partial charge < -0.3 is 9.84 Å². The van der Waals surface area contributed by atoms with E-state index in [-0.39, 0.29) is 12.3 Å². The van der Waals surface area contributed by atoms with E-state index in [0.29, 0.717) is 22.4 Å². The minimum atomic E-state index is -0.106. The average Bonchev–Trinajstić information content (AvgIpc) is 2.69. The second-order valence-corrected chi connectivity index (χ2v) is 5.34. The number of amides is 1. The van der Waals surface area contributed by atoms with Crippen LogP contribution in [0.4, 0.5) is 0 Å². The van der Waals surface area contributed by atoms with Crippen LogP contribution in [0.15, 0.2) is 22.7 Å². The first-order chi connectivity index (χ1) is 9.47. The van der Waals surface area contributed by atoms with Crippen molar-refractivity contribution in [2.24, 2.45) is 0 Å². The van der Waals surface area contributed by atoms with E-state index in [1.165, 1.54) is 0 Å². The number of aryl methyl sites for hydroxylation is 2. The highest BCUT2D eigenvalue weighted by atomic mass is 35.5. The normalized spacial score (nSPS) is 10.6. The fourth-order valence-electron chi connectivity index (χ4n) is 1.84. The Hall–Kier alpha value is -1.52. The Morgan fingerprint density at radius 2 is 2.10 bits per heavy atom. The molecule has 106 valence electrons. The Balaban J connectivity index is 1.96. The van der Waals surface area contributed by atoms with Gasteiger partial charge >= 0.3 is 0 Å². The van der Waals surface area contributed by atoms with E-state index < -0.39 is 0 Å². The molecule has 1 N–H and O–H groups in total. The van der Waals surface area contributed by atoms with Gasteiger partial charge in [-0.25, -0.2) is 0 Å². The van der Waals surface area contributed by atoms with Crippen molar-refractivity contribution in [3.05, 3.63) is 50.8 Å². The molecule has 1 amide bonds. The molecule has 2 rings (SSSR count). The molecule has 0 aliphatic heterocycles. The number of carbonyl (C=O) groups is 1. The molecule has 20 heavy (non-hydrogen) atoms. The van der Waals surface area contributed by atoms with Gasteiger partial charge in [0.15, 0.2) is 0 Å². The van der Waals surface area contributed by atoms with Crippen LogP contribution in [0.5, 0.6) is 0 Å². The lowest BCUT2D eigenvalue weighted by Crippen LogP contribution is -2.25. The van der Waals surface area contributed by atoms with Gasteiger partial charge in [0.05, 0.1) is 12.1 Å². The van der Waals surface area contributed by atoms with Crippen molar-refractivity contribution < 1.29 is 9.32 Å². The van der Waals surface area contributed by atoms with Crippen LogP contribution in [0.25, 0.3) is 0 Å². The topological polar surface area (TPSA) is 55.1 Å². The zero-order valence-electron chi connectivity index (χ0n) is 11.2. The molecule has 0 radical (unpaired) electrons. The van der Waals surface area contributed by atoms with E-state index in [1.807, 2.05) is 6.92 Å². The summed E-state index contributed by atoms with van der Waals surface area (Å²) in [4.78, 5) is 11.9. The lowest BCUT2D eigenvalue weighted by atomic mass is 10.1. The molecular formula is C14H14Cl2N2O2. The van der Waals surface area contributed by atoms with Gasteiger partial charge in [-0.15, -0.1) is 0 Å². The minimum absolute atomic E-state index is 0.106. The fraction of sp³-hybridized carbons (Fsp3) is 0.286. The van der Waals surface area contributed by atoms with Gasteiger partial charge in [-0.05, 0) is 31.5 Å². The third-order valence-corrected chi connectivity index (χ3v) is 3.60. The Labute approximate surface area is 127 Å². The van der Waals surface area contributed by atoms with Crippen molar-refractivity contribution in [3.8, 4) is 0 Å². The first-order valence-electron chi connectivity index (χ1n) is 6.09. The number of aromatic nitrogens is 1. The quantitative estimate of drug-likeness (QED) is 0.940. The van der Waals surface area contributed by atoms with Crippen molar-refractivity contribution in [3.63, 3.8) is 0 Å². The molecule has 0 bridgehead atoms. The molecule has 2 aromatic rings. The maximum Gasteiger partial charge on any atom is 0.224 e. The van der Waals surface area contributed by atoms with E-state index in [1.54, 1.807) is 25.1 Å². The van der Waals surface area contributed by atoms with Crippen LogP contribution < -0.4 is 5.32 Å². The summed E-state index contributed by atoms with van der Waals surface area (Å²) in [6, 6.07) is 5.18. The molecule has 0 aliphatic rings. The number of hydrogen-bond donors (Lipinski definition) is 1. The van der Waals surface area contributed by atoms with Crippen molar-refractivity contribution in [1.82, 2.24) is 10.5 Å². The molecule has 4 nitrogen and oxygen atoms in total. The zero-order chi connectivity index (χ0) is 14.7. The zero-order valence-corrected chi connectivity index (χ0v) is 12.7. The van der Waals surface area contributed by atoms with Crippen molar-refractivity contribution in [1.29, 1.82) is 0 Å². The van der Waals surface area contributed by atoms with Gasteiger partial charge in [0.25, 0.3) is 0 Å². The molecule has 1 aromatic heterocycles. The molecular weight excluding hydrogens is 299 g/mol. The summed E-state index contributed by atoms with van der Waals surface area (Å²) in [7, 11) is 0. The molecule has 0 unspecified atom stereocenters. The minimum Gasteiger partial charge on any atom is -0.361 e. The van der Waals surface area contributed by atoms with E-state index >= 15 is 0 Å². The lowest BCUT2D eigenvalue weighted by molar-refractivity contribution is -0.120. The highest BCUT2D eigenvalue weighted by molar-refractivity contribution is 6.35. The van der Waals surface area contributed by atoms with Crippen LogP contribution in [0, 0.1) is 13.8 Å². The van der Waals surface area contributed by atoms with Gasteiger partial charge in [0.2, 0.25) is 5.91 Å². The standard InChI is InChI=1S/C14H14Cl2N2O2/c1-8-12(9(2)20-18-8)6-14(19)17-7-10-3-4-11(15)5-13(10)16/h3-5H,6-7H2,1-2H3,(H,17,19). The summed E-state index contributed by atoms with van der Waals surface area (Å²) in [5.41, 5.74) is 2.38. The number of rotatable bonds is 4. The highest BCUT2D eigenvalue weighted by Gasteiger charge is 2.13. The smallest absolute Gasteiger partial charge is 0.224 e. The summed E-state index contributed by atoms with van der Waals surface area (Å²) in [6.07, 6.45) is 0.242. The average molecular weight is 313 g/mol. The van der Waals surface area contributed by atoms with Gasteiger partial charge in [-0.2, -0.15) is 0 Å². The maximum atomic E-state index is 11.9. The lowest BCUT2D eigenvalue weighted by Gasteiger charge is -2.07. The van der Waals surface area contributed by atoms with E-state index in [2.05, 4.69) is 10.5 Å². The van der Waals surface area contributed by atoms with Crippen LogP contribution in [0.2, 0.25) is 10.0 Å². The summed E-state index contributed by atoms with van der Waals surface area (Å²) < 4.78 is 5.03. The van der Waals surface area contributed by atoms with Gasteiger partial charge in [0.1, 0.15) is 5.76 Å². The molecule has 0 saturated carbocycles. The van der Waals surface area contributed by atoms with Gasteiger partial charge in [-0.3, -0.25) is 4.79 Å². The number of nitrogens with one attached hydrogen (secondary N) is 1. The number of benzene rings is 1. The Morgan fingerprint density at radius 1 is 1.35 bits per heavy atom. The molecule has 1 heterocycles. The largest absolute Gasteiger partial charge is 0.361 e. The monoisotopic (exact) mass is 312 g/mol. The summed E-state index contributed by atoms with van der Waals surface area (Å²) in [5, 5.41) is 7.74. The SMILES string of the molecule is Cc1noc(C)c1CC(=O)NCc1ccc(Cl)cc1Cl. The van der Waals surface area contributed by atoms with Crippen LogP contribution in [-0.4, -0.2) is 11.1 Å². The number of halogens is 2. The van der Waals surface area contributed by atoms with Crippen molar-refractivity contribution in [2.75, 3.05) is 0 Å². The van der Waals surface area contributed by atoms with Crippen LogP contribution in [-0.2, 0) is 17.8 Å². The number of hydrogen-bond acceptors (Lipinski definition) is 3. The molecule has 0 atom stereocenters. The maximum absolute atomic E-state index is 11.9. The Bertz CT molecular complexity index is 619. The summed E-state index contributed by atoms with van der Waals surface area (Å²) >= 11 is 11.9. The first-order valence-corrected chi connectivity index (χ1v) is 6.85. The number of carbonyl (C=O) groups excluding carboxylic acids is 1. The highest BCUT2D eigenvalue weighted by Crippen LogP contribution is 2.20. The van der Waals surface area contributed by atoms with E-state index in [0.717, 1.165) is 16.8 Å². The van der Waals surface area contributed by atoms with E-state index in [9.17, 15) is 4.79 Å². The predicted molar refractivity (Wildman–Crippen MR) is 78.0 cm³/mol. The second kappa shape index (κ2) is 6.29. The Morgan fingerprint density at radius 3 is 2.70 bits per heavy atom. The fourth-order valence-corrected chi connectivity index (χ4v) is 2.31. The van der Waals surface area contributed by atoms with Gasteiger partial charge in [-0.1, -0.05) is 34.4 Å². The van der Waals surface area contributed by atoms with Gasteiger partial charge in [0, 0.05) is 22.2 Å². The molecule has 0 aliphatic carbocycles. The summed E-state index contributed by atoms with van der Waals surface area (Å²) in [5.74, 6) is 0.563. The van der Waals surface area contributed by atoms with Crippen LogP contribution in [0.3, 0.4) is 0 Å². The first kappa shape index (κ1) is 14.9. The third kappa shape index (κ3) is 3.52. The molecule has 0 saturated heterocycles. The van der Waals surface area contributed by atoms with Crippen molar-refractivity contribution in [2.45, 2.75) is 26.8 Å². The van der Waals surface area contributed by atoms with Crippen LogP contribution in [0.1, 0.15) is 22.6 Å². The van der Waals surface area contributed by atoms with Crippen molar-refractivity contribution >= 4 is 29.1 Å². The van der Waals surface area contributed by atoms with Crippen LogP contribution >= 0.6 is 23.2 Å². The second-order valence-electron chi connectivity index (χ2n) is 4.49. The molecule has 6 heteroatoms. The number of nitrogens with zero attached hydrogens (tertiary/aromatic N) is 1. The molecule has 0 spiro atoms. The molecule has 1 aromatic carbocycles. The molecule has 0 fully saturated rings.